The van der Waals surface area contributed by atoms with Gasteiger partial charge in [-0.05, 0) is 26.0 Å². The van der Waals surface area contributed by atoms with Crippen LogP contribution in [0.1, 0.15) is 24.2 Å². The van der Waals surface area contributed by atoms with Crippen LogP contribution in [0.15, 0.2) is 36.3 Å². The molecule has 2 rings (SSSR count). The molecule has 1 atom stereocenters. The van der Waals surface area contributed by atoms with Crippen LogP contribution in [0.25, 0.3) is 0 Å². The molecule has 1 aliphatic heterocycles. The summed E-state index contributed by atoms with van der Waals surface area (Å²) in [6.45, 7) is 3.48. The van der Waals surface area contributed by atoms with Gasteiger partial charge in [0.1, 0.15) is 19.5 Å². The van der Waals surface area contributed by atoms with Crippen molar-refractivity contribution in [1.82, 2.24) is 0 Å². The van der Waals surface area contributed by atoms with Crippen LogP contribution in [0.5, 0.6) is 0 Å². The highest BCUT2D eigenvalue weighted by molar-refractivity contribution is 5.99. The highest BCUT2D eigenvalue weighted by Crippen LogP contribution is 2.13. The highest BCUT2D eigenvalue weighted by atomic mass is 16.6. The number of nitrogens with one attached hydrogen (secondary N) is 1. The van der Waals surface area contributed by atoms with E-state index < -0.39 is 18.0 Å². The first kappa shape index (κ1) is 16.5. The average Bonchev–Trinajstić information content (AvgIpc) is 2.55. The predicted molar refractivity (Wildman–Crippen MR) is 80.6 cm³/mol. The van der Waals surface area contributed by atoms with E-state index in [0.29, 0.717) is 17.9 Å². The van der Waals surface area contributed by atoms with Crippen molar-refractivity contribution in [3.8, 4) is 0 Å². The molecule has 1 amide bonds. The molecule has 1 aromatic carbocycles. The third kappa shape index (κ3) is 4.57. The number of hydrogen-bond donors (Lipinski definition) is 1. The molecule has 122 valence electrons. The van der Waals surface area contributed by atoms with Crippen molar-refractivity contribution in [3.05, 3.63) is 41.9 Å². The first-order valence-corrected chi connectivity index (χ1v) is 7.05. The summed E-state index contributed by atoms with van der Waals surface area (Å²) in [6, 6.07) is 6.49. The minimum absolute atomic E-state index is 0.0746. The summed E-state index contributed by atoms with van der Waals surface area (Å²) in [4.78, 5) is 35.2. The molecular formula is C16H17NO6. The quantitative estimate of drug-likeness (QED) is 0.655. The molecule has 1 aliphatic rings. The molecule has 0 saturated carbocycles. The number of hydrogen-bond acceptors (Lipinski definition) is 6. The number of carbonyl (C=O) groups is 3. The molecule has 0 aromatic heterocycles. The van der Waals surface area contributed by atoms with Crippen molar-refractivity contribution < 1.29 is 28.6 Å². The zero-order valence-electron chi connectivity index (χ0n) is 12.8. The maximum atomic E-state index is 12.0. The van der Waals surface area contributed by atoms with Crippen molar-refractivity contribution in [2.24, 2.45) is 0 Å². The number of ether oxygens (including phenoxy) is 3. The molecule has 7 nitrogen and oxygen atoms in total. The lowest BCUT2D eigenvalue weighted by Gasteiger charge is -2.17. The van der Waals surface area contributed by atoms with Crippen LogP contribution in [0.4, 0.5) is 5.69 Å². The van der Waals surface area contributed by atoms with Gasteiger partial charge in [-0.15, -0.1) is 0 Å². The van der Waals surface area contributed by atoms with Gasteiger partial charge < -0.3 is 19.5 Å². The van der Waals surface area contributed by atoms with Gasteiger partial charge in [-0.2, -0.15) is 0 Å². The normalized spacial score (nSPS) is 14.6. The van der Waals surface area contributed by atoms with Gasteiger partial charge in [0.15, 0.2) is 11.9 Å². The number of rotatable bonds is 5. The molecule has 1 N–H and O–H groups in total. The first-order valence-electron chi connectivity index (χ1n) is 7.05. The maximum absolute atomic E-state index is 12.0. The number of esters is 1. The van der Waals surface area contributed by atoms with Gasteiger partial charge >= 0.3 is 5.97 Å². The van der Waals surface area contributed by atoms with Crippen LogP contribution >= 0.6 is 0 Å². The third-order valence-electron chi connectivity index (χ3n) is 3.04. The minimum atomic E-state index is -1.03. The van der Waals surface area contributed by atoms with Crippen LogP contribution < -0.4 is 5.32 Å². The number of benzene rings is 1. The average molecular weight is 319 g/mol. The highest BCUT2D eigenvalue weighted by Gasteiger charge is 2.23. The molecule has 0 radical (unpaired) electrons. The Morgan fingerprint density at radius 2 is 2.04 bits per heavy atom. The molecule has 0 aliphatic carbocycles. The Morgan fingerprint density at radius 1 is 1.26 bits per heavy atom. The fraction of sp³-hybridized carbons (Fsp3) is 0.312. The minimum Gasteiger partial charge on any atom is -0.493 e. The molecule has 23 heavy (non-hydrogen) atoms. The molecule has 1 heterocycles. The van der Waals surface area contributed by atoms with Gasteiger partial charge in [0, 0.05) is 11.3 Å². The van der Waals surface area contributed by atoms with Crippen LogP contribution in [-0.2, 0) is 23.8 Å². The lowest BCUT2D eigenvalue weighted by Crippen LogP contribution is -2.31. The number of ketones is 1. The number of amides is 1. The van der Waals surface area contributed by atoms with Crippen LogP contribution in [-0.4, -0.2) is 37.0 Å². The lowest BCUT2D eigenvalue weighted by atomic mass is 10.1. The summed E-state index contributed by atoms with van der Waals surface area (Å²) < 4.78 is 15.0. The van der Waals surface area contributed by atoms with Gasteiger partial charge in [-0.3, -0.25) is 9.59 Å². The van der Waals surface area contributed by atoms with Gasteiger partial charge in [0.25, 0.3) is 5.91 Å². The maximum Gasteiger partial charge on any atom is 0.377 e. The largest absolute Gasteiger partial charge is 0.493 e. The number of Topliss-reactive ketones (excluding diaryl/α,β-unsaturated/α-hetero) is 1. The fourth-order valence-electron chi connectivity index (χ4n) is 1.81. The SMILES string of the molecule is CC(=O)c1cccc(NC(=O)[C@H](C)OC(=O)C2=COCCO2)c1. The Morgan fingerprint density at radius 3 is 2.70 bits per heavy atom. The van der Waals surface area contributed by atoms with E-state index in [1.54, 1.807) is 24.3 Å². The van der Waals surface area contributed by atoms with Crippen molar-refractivity contribution in [2.75, 3.05) is 18.5 Å². The molecule has 7 heteroatoms. The summed E-state index contributed by atoms with van der Waals surface area (Å²) in [7, 11) is 0. The predicted octanol–water partition coefficient (Wildman–Crippen LogP) is 1.65. The standard InChI is InChI=1S/C16H17NO6/c1-10(18)12-4-3-5-13(8-12)17-15(19)11(2)23-16(20)14-9-21-6-7-22-14/h3-5,8-9,11H,6-7H2,1-2H3,(H,17,19)/t11-/m0/s1. The molecule has 0 unspecified atom stereocenters. The Labute approximate surface area is 133 Å². The summed E-state index contributed by atoms with van der Waals surface area (Å²) in [5.74, 6) is -1.47. The van der Waals surface area contributed by atoms with E-state index in [9.17, 15) is 14.4 Å². The number of anilines is 1. The molecular weight excluding hydrogens is 302 g/mol. The molecule has 0 spiro atoms. The van der Waals surface area contributed by atoms with E-state index in [1.807, 2.05) is 0 Å². The van der Waals surface area contributed by atoms with Crippen molar-refractivity contribution in [2.45, 2.75) is 20.0 Å². The van der Waals surface area contributed by atoms with Gasteiger partial charge in [0.05, 0.1) is 0 Å². The molecule has 0 bridgehead atoms. The zero-order valence-corrected chi connectivity index (χ0v) is 12.8. The smallest absolute Gasteiger partial charge is 0.377 e. The van der Waals surface area contributed by atoms with E-state index in [1.165, 1.54) is 13.8 Å². The second-order valence-corrected chi connectivity index (χ2v) is 4.88. The van der Waals surface area contributed by atoms with E-state index >= 15 is 0 Å². The summed E-state index contributed by atoms with van der Waals surface area (Å²) in [6.07, 6.45) is 0.127. The van der Waals surface area contributed by atoms with E-state index in [-0.39, 0.29) is 18.1 Å². The second-order valence-electron chi connectivity index (χ2n) is 4.88. The van der Waals surface area contributed by atoms with E-state index in [4.69, 9.17) is 14.2 Å². The van der Waals surface area contributed by atoms with E-state index in [0.717, 1.165) is 6.26 Å². The molecule has 1 aromatic rings. The zero-order chi connectivity index (χ0) is 16.8. The summed E-state index contributed by atoms with van der Waals surface area (Å²) in [5, 5.41) is 2.59. The Hall–Kier alpha value is -2.83. The molecule has 0 fully saturated rings. The summed E-state index contributed by atoms with van der Waals surface area (Å²) in [5.41, 5.74) is 0.924. The van der Waals surface area contributed by atoms with Crippen LogP contribution in [0.2, 0.25) is 0 Å². The van der Waals surface area contributed by atoms with Crippen LogP contribution in [0.3, 0.4) is 0 Å². The van der Waals surface area contributed by atoms with Crippen molar-refractivity contribution in [3.63, 3.8) is 0 Å². The Balaban J connectivity index is 1.94. The lowest BCUT2D eigenvalue weighted by molar-refractivity contribution is -0.153. The monoisotopic (exact) mass is 319 g/mol. The van der Waals surface area contributed by atoms with Crippen molar-refractivity contribution >= 4 is 23.3 Å². The van der Waals surface area contributed by atoms with Gasteiger partial charge in [-0.25, -0.2) is 4.79 Å². The van der Waals surface area contributed by atoms with Gasteiger partial charge in [0.2, 0.25) is 5.76 Å². The van der Waals surface area contributed by atoms with E-state index in [2.05, 4.69) is 5.32 Å². The first-order chi connectivity index (χ1) is 11.0. The van der Waals surface area contributed by atoms with Gasteiger partial charge in [-0.1, -0.05) is 12.1 Å². The number of carbonyl (C=O) groups excluding carboxylic acids is 3. The third-order valence-corrected chi connectivity index (χ3v) is 3.04. The van der Waals surface area contributed by atoms with Crippen molar-refractivity contribution in [1.29, 1.82) is 0 Å². The van der Waals surface area contributed by atoms with Crippen LogP contribution in [0, 0.1) is 0 Å². The molecule has 0 saturated heterocycles. The second kappa shape index (κ2) is 7.44. The Bertz CT molecular complexity index is 652. The summed E-state index contributed by atoms with van der Waals surface area (Å²) >= 11 is 0. The Kier molecular flexibility index (Phi) is 5.35. The fourth-order valence-corrected chi connectivity index (χ4v) is 1.81. The topological polar surface area (TPSA) is 90.9 Å².